The van der Waals surface area contributed by atoms with Gasteiger partial charge in [0, 0.05) is 15.9 Å². The van der Waals surface area contributed by atoms with Crippen molar-refractivity contribution in [3.63, 3.8) is 0 Å². The average molecular weight is 343 g/mol. The van der Waals surface area contributed by atoms with Gasteiger partial charge in [0.05, 0.1) is 0 Å². The molecule has 1 heterocycles. The molecule has 0 radical (unpaired) electrons. The van der Waals surface area contributed by atoms with E-state index in [4.69, 9.17) is 4.74 Å². The van der Waals surface area contributed by atoms with Crippen molar-refractivity contribution in [2.75, 3.05) is 0 Å². The van der Waals surface area contributed by atoms with Crippen molar-refractivity contribution in [2.45, 2.75) is 23.6 Å². The van der Waals surface area contributed by atoms with Crippen LogP contribution in [0.15, 0.2) is 64.9 Å². The SMILES string of the molecule is C=C(Sc1ccccc1)C(C)(Oc1cccc(F)n1)C(F)(F)F. The van der Waals surface area contributed by atoms with Gasteiger partial charge < -0.3 is 4.74 Å². The lowest BCUT2D eigenvalue weighted by atomic mass is 10.1. The summed E-state index contributed by atoms with van der Waals surface area (Å²) in [6.45, 7) is 4.35. The van der Waals surface area contributed by atoms with Gasteiger partial charge in [0.2, 0.25) is 17.4 Å². The number of alkyl halides is 3. The third-order valence-corrected chi connectivity index (χ3v) is 4.20. The van der Waals surface area contributed by atoms with E-state index in [0.29, 0.717) is 4.90 Å². The molecule has 0 aliphatic carbocycles. The molecule has 0 spiro atoms. The molecular formula is C16H13F4NOS. The molecule has 0 N–H and O–H groups in total. The maximum Gasteiger partial charge on any atom is 0.432 e. The second kappa shape index (κ2) is 6.62. The minimum Gasteiger partial charge on any atom is -0.456 e. The maximum absolute atomic E-state index is 13.5. The first-order valence-electron chi connectivity index (χ1n) is 6.53. The second-order valence-corrected chi connectivity index (χ2v) is 5.94. The van der Waals surface area contributed by atoms with Crippen molar-refractivity contribution in [3.05, 3.63) is 66.0 Å². The molecule has 1 aromatic carbocycles. The lowest BCUT2D eigenvalue weighted by molar-refractivity contribution is -0.224. The molecule has 23 heavy (non-hydrogen) atoms. The van der Waals surface area contributed by atoms with Crippen molar-refractivity contribution in [1.29, 1.82) is 0 Å². The molecule has 0 aliphatic heterocycles. The first-order valence-corrected chi connectivity index (χ1v) is 7.34. The van der Waals surface area contributed by atoms with Crippen LogP contribution in [0.3, 0.4) is 0 Å². The van der Waals surface area contributed by atoms with E-state index in [1.165, 1.54) is 6.07 Å². The van der Waals surface area contributed by atoms with Crippen LogP contribution in [-0.4, -0.2) is 16.8 Å². The number of ether oxygens (including phenoxy) is 1. The third kappa shape index (κ3) is 4.04. The van der Waals surface area contributed by atoms with Crippen LogP contribution in [0.5, 0.6) is 5.88 Å². The van der Waals surface area contributed by atoms with E-state index in [0.717, 1.165) is 30.8 Å². The molecule has 7 heteroatoms. The van der Waals surface area contributed by atoms with Crippen molar-refractivity contribution in [2.24, 2.45) is 0 Å². The van der Waals surface area contributed by atoms with Gasteiger partial charge in [-0.25, -0.2) is 0 Å². The molecule has 2 rings (SSSR count). The molecule has 1 aromatic heterocycles. The largest absolute Gasteiger partial charge is 0.456 e. The molecule has 1 atom stereocenters. The summed E-state index contributed by atoms with van der Waals surface area (Å²) in [7, 11) is 0. The summed E-state index contributed by atoms with van der Waals surface area (Å²) in [6, 6.07) is 11.9. The van der Waals surface area contributed by atoms with Crippen LogP contribution in [0.2, 0.25) is 0 Å². The topological polar surface area (TPSA) is 22.1 Å². The summed E-state index contributed by atoms with van der Waals surface area (Å²) < 4.78 is 58.6. The Morgan fingerprint density at radius 1 is 1.09 bits per heavy atom. The summed E-state index contributed by atoms with van der Waals surface area (Å²) in [5, 5.41) is 0. The number of hydrogen-bond donors (Lipinski definition) is 0. The molecule has 0 aliphatic rings. The van der Waals surface area contributed by atoms with E-state index in [1.807, 2.05) is 0 Å². The predicted molar refractivity (Wildman–Crippen MR) is 80.7 cm³/mol. The minimum atomic E-state index is -4.75. The van der Waals surface area contributed by atoms with Crippen molar-refractivity contribution in [3.8, 4) is 5.88 Å². The molecule has 0 bridgehead atoms. The number of rotatable bonds is 5. The Labute approximate surface area is 135 Å². The van der Waals surface area contributed by atoms with Gasteiger partial charge in [-0.2, -0.15) is 22.5 Å². The van der Waals surface area contributed by atoms with Crippen molar-refractivity contribution < 1.29 is 22.3 Å². The summed E-state index contributed by atoms with van der Waals surface area (Å²) in [5.41, 5.74) is -2.71. The van der Waals surface area contributed by atoms with E-state index < -0.39 is 23.6 Å². The van der Waals surface area contributed by atoms with Crippen molar-refractivity contribution >= 4 is 11.8 Å². The van der Waals surface area contributed by atoms with E-state index in [2.05, 4.69) is 11.6 Å². The first-order chi connectivity index (χ1) is 10.7. The highest BCUT2D eigenvalue weighted by Gasteiger charge is 2.56. The monoisotopic (exact) mass is 343 g/mol. The van der Waals surface area contributed by atoms with Gasteiger partial charge >= 0.3 is 6.18 Å². The third-order valence-electron chi connectivity index (χ3n) is 3.06. The zero-order chi connectivity index (χ0) is 17.1. The number of pyridine rings is 1. The molecule has 0 saturated carbocycles. The summed E-state index contributed by atoms with van der Waals surface area (Å²) in [5.74, 6) is -1.38. The van der Waals surface area contributed by atoms with Gasteiger partial charge in [-0.05, 0) is 25.1 Å². The zero-order valence-electron chi connectivity index (χ0n) is 12.1. The van der Waals surface area contributed by atoms with Gasteiger partial charge in [0.25, 0.3) is 0 Å². The Morgan fingerprint density at radius 3 is 2.30 bits per heavy atom. The molecule has 0 amide bonds. The smallest absolute Gasteiger partial charge is 0.432 e. The maximum atomic E-state index is 13.5. The molecular weight excluding hydrogens is 330 g/mol. The Morgan fingerprint density at radius 2 is 1.74 bits per heavy atom. The van der Waals surface area contributed by atoms with E-state index in [1.54, 1.807) is 30.3 Å². The number of aromatic nitrogens is 1. The van der Waals surface area contributed by atoms with Crippen LogP contribution in [0.4, 0.5) is 17.6 Å². The minimum absolute atomic E-state index is 0.276. The summed E-state index contributed by atoms with van der Waals surface area (Å²) in [4.78, 5) is 3.63. The fourth-order valence-electron chi connectivity index (χ4n) is 1.66. The highest BCUT2D eigenvalue weighted by atomic mass is 32.2. The number of benzene rings is 1. The average Bonchev–Trinajstić information content (AvgIpc) is 2.47. The quantitative estimate of drug-likeness (QED) is 0.422. The van der Waals surface area contributed by atoms with Crippen LogP contribution in [0.25, 0.3) is 0 Å². The van der Waals surface area contributed by atoms with Crippen molar-refractivity contribution in [1.82, 2.24) is 4.98 Å². The van der Waals surface area contributed by atoms with Crippen LogP contribution in [0.1, 0.15) is 6.92 Å². The van der Waals surface area contributed by atoms with Gasteiger partial charge in [0.1, 0.15) is 0 Å². The van der Waals surface area contributed by atoms with Gasteiger partial charge in [-0.15, -0.1) is 0 Å². The van der Waals surface area contributed by atoms with Gasteiger partial charge in [-0.1, -0.05) is 42.6 Å². The lowest BCUT2D eigenvalue weighted by Gasteiger charge is -2.33. The first kappa shape index (κ1) is 17.3. The Kier molecular flexibility index (Phi) is 4.99. The van der Waals surface area contributed by atoms with Gasteiger partial charge in [0.15, 0.2) is 0 Å². The highest BCUT2D eigenvalue weighted by Crippen LogP contribution is 2.45. The fourth-order valence-corrected chi connectivity index (χ4v) is 2.59. The Hall–Kier alpha value is -2.02. The molecule has 122 valence electrons. The summed E-state index contributed by atoms with van der Waals surface area (Å²) >= 11 is 0.840. The summed E-state index contributed by atoms with van der Waals surface area (Å²) in [6.07, 6.45) is -4.75. The molecule has 0 saturated heterocycles. The molecule has 0 fully saturated rings. The lowest BCUT2D eigenvalue weighted by Crippen LogP contribution is -2.48. The Bertz CT molecular complexity index is 690. The normalized spacial score (nSPS) is 14.1. The Balaban J connectivity index is 2.30. The van der Waals surface area contributed by atoms with Crippen LogP contribution < -0.4 is 4.74 Å². The number of thioether (sulfide) groups is 1. The fraction of sp³-hybridized carbons (Fsp3) is 0.188. The predicted octanol–water partition coefficient (Wildman–Crippen LogP) is 5.23. The number of hydrogen-bond acceptors (Lipinski definition) is 3. The molecule has 1 unspecified atom stereocenters. The standard InChI is InChI=1S/C16H13F4NOS/c1-11(23-12-7-4-3-5-8-12)15(2,16(18,19)20)22-14-10-6-9-13(17)21-14/h3-10H,1H2,2H3. The van der Waals surface area contributed by atoms with E-state index >= 15 is 0 Å². The second-order valence-electron chi connectivity index (χ2n) is 4.77. The van der Waals surface area contributed by atoms with Crippen LogP contribution >= 0.6 is 11.8 Å². The number of halogens is 4. The number of nitrogens with zero attached hydrogens (tertiary/aromatic N) is 1. The zero-order valence-corrected chi connectivity index (χ0v) is 12.9. The van der Waals surface area contributed by atoms with Gasteiger partial charge in [-0.3, -0.25) is 0 Å². The van der Waals surface area contributed by atoms with Crippen LogP contribution in [-0.2, 0) is 0 Å². The van der Waals surface area contributed by atoms with Crippen LogP contribution in [0, 0.1) is 5.95 Å². The highest BCUT2D eigenvalue weighted by molar-refractivity contribution is 8.03. The molecule has 2 nitrogen and oxygen atoms in total. The van der Waals surface area contributed by atoms with E-state index in [-0.39, 0.29) is 4.91 Å². The van der Waals surface area contributed by atoms with E-state index in [9.17, 15) is 17.6 Å². The molecule has 2 aromatic rings.